The molecule has 2 fully saturated rings. The largest absolute Gasteiger partial charge is 0.457 e. The monoisotopic (exact) mass is 480 g/mol. The smallest absolute Gasteiger partial charge is 0.131 e. The Morgan fingerprint density at radius 2 is 1.50 bits per heavy atom. The minimum atomic E-state index is 0.344. The van der Waals surface area contributed by atoms with Gasteiger partial charge in [0.15, 0.2) is 0 Å². The molecule has 0 aromatic carbocycles. The predicted molar refractivity (Wildman–Crippen MR) is 142 cm³/mol. The summed E-state index contributed by atoms with van der Waals surface area (Å²) in [4.78, 5) is 16.4. The number of rotatable bonds is 5. The first kappa shape index (κ1) is 21.8. The van der Waals surface area contributed by atoms with Crippen LogP contribution in [-0.2, 0) is 0 Å². The maximum Gasteiger partial charge on any atom is 0.131 e. The van der Waals surface area contributed by atoms with Gasteiger partial charge in [0.2, 0.25) is 0 Å². The number of hydrogen-bond acceptors (Lipinski definition) is 5. The molecule has 0 saturated carbocycles. The SMILES string of the molecule is C1=C(c2cnc([C@@H]3CCCN3)[nH]2)C=c2cc(C3=CC=C(c4cnc([C@@H]5CCCN5)[nH]4)CC3)oc2=CC1. The van der Waals surface area contributed by atoms with E-state index in [-0.39, 0.29) is 0 Å². The lowest BCUT2D eigenvalue weighted by Gasteiger charge is -2.12. The van der Waals surface area contributed by atoms with Gasteiger partial charge in [-0.1, -0.05) is 18.2 Å². The van der Waals surface area contributed by atoms with Crippen molar-refractivity contribution < 1.29 is 4.42 Å². The molecule has 0 spiro atoms. The maximum atomic E-state index is 6.33. The highest BCUT2D eigenvalue weighted by Gasteiger charge is 2.21. The number of furan rings is 1. The molecule has 3 aromatic rings. The minimum Gasteiger partial charge on any atom is -0.457 e. The van der Waals surface area contributed by atoms with Crippen molar-refractivity contribution in [2.45, 2.75) is 57.0 Å². The molecule has 2 aliphatic heterocycles. The van der Waals surface area contributed by atoms with Crippen LogP contribution < -0.4 is 21.3 Å². The van der Waals surface area contributed by atoms with Gasteiger partial charge in [-0.05, 0) is 93.0 Å². The number of H-pyrrole nitrogens is 2. The van der Waals surface area contributed by atoms with E-state index in [4.69, 9.17) is 4.42 Å². The van der Waals surface area contributed by atoms with Crippen molar-refractivity contribution in [3.63, 3.8) is 0 Å². The molecule has 2 atom stereocenters. The molecule has 36 heavy (non-hydrogen) atoms. The van der Waals surface area contributed by atoms with Crippen LogP contribution in [0.4, 0.5) is 0 Å². The van der Waals surface area contributed by atoms with Crippen molar-refractivity contribution >= 4 is 28.9 Å². The van der Waals surface area contributed by atoms with Crippen LogP contribution in [0.25, 0.3) is 28.9 Å². The zero-order valence-electron chi connectivity index (χ0n) is 20.4. The van der Waals surface area contributed by atoms with Crippen molar-refractivity contribution in [3.05, 3.63) is 76.1 Å². The summed E-state index contributed by atoms with van der Waals surface area (Å²) >= 11 is 0. The molecule has 184 valence electrons. The molecule has 4 aliphatic rings. The van der Waals surface area contributed by atoms with Gasteiger partial charge >= 0.3 is 0 Å². The molecule has 7 nitrogen and oxygen atoms in total. The molecule has 3 aromatic heterocycles. The van der Waals surface area contributed by atoms with Crippen LogP contribution in [-0.4, -0.2) is 33.0 Å². The van der Waals surface area contributed by atoms with Gasteiger partial charge in [0.25, 0.3) is 0 Å². The molecule has 7 rings (SSSR count). The molecule has 2 aliphatic carbocycles. The van der Waals surface area contributed by atoms with E-state index in [1.165, 1.54) is 29.6 Å². The van der Waals surface area contributed by atoms with E-state index >= 15 is 0 Å². The van der Waals surface area contributed by atoms with Crippen LogP contribution in [0.3, 0.4) is 0 Å². The third kappa shape index (κ3) is 4.12. The quantitative estimate of drug-likeness (QED) is 0.445. The third-order valence-electron chi connectivity index (χ3n) is 7.84. The average molecular weight is 481 g/mol. The van der Waals surface area contributed by atoms with Crippen molar-refractivity contribution in [1.29, 1.82) is 0 Å². The first-order chi connectivity index (χ1) is 17.8. The number of aromatic amines is 2. The van der Waals surface area contributed by atoms with Crippen LogP contribution in [0.1, 0.15) is 85.8 Å². The summed E-state index contributed by atoms with van der Waals surface area (Å²) < 4.78 is 6.33. The number of nitrogens with zero attached hydrogens (tertiary/aromatic N) is 2. The Kier molecular flexibility index (Phi) is 5.59. The Morgan fingerprint density at radius 1 is 0.806 bits per heavy atom. The zero-order valence-corrected chi connectivity index (χ0v) is 20.4. The summed E-state index contributed by atoms with van der Waals surface area (Å²) in [6.07, 6.45) is 22.5. The van der Waals surface area contributed by atoms with Gasteiger partial charge in [0, 0.05) is 5.22 Å². The predicted octanol–water partition coefficient (Wildman–Crippen LogP) is 3.88. The van der Waals surface area contributed by atoms with E-state index in [0.29, 0.717) is 12.1 Å². The van der Waals surface area contributed by atoms with Gasteiger partial charge in [-0.2, -0.15) is 0 Å². The van der Waals surface area contributed by atoms with Crippen molar-refractivity contribution in [3.8, 4) is 0 Å². The standard InChI is InChI=1S/C29H32N6O/c1-4-20(25-17-33-29(35-25)23-6-3-13-31-23)14-21-15-27(36-26(21)7-1)19-10-8-18(9-11-19)24-16-32-28(34-24)22-5-2-12-30-22/h4,7-8,10,14-17,22-23,30-31H,1-3,5-6,9,11-13H2,(H,32,34)(H,33,35)/t22-,23-/m0/s1. The summed E-state index contributed by atoms with van der Waals surface area (Å²) in [5.41, 5.74) is 6.87. The Morgan fingerprint density at radius 3 is 2.19 bits per heavy atom. The lowest BCUT2D eigenvalue weighted by atomic mass is 9.95. The van der Waals surface area contributed by atoms with E-state index in [0.717, 1.165) is 84.6 Å². The highest BCUT2D eigenvalue weighted by molar-refractivity contribution is 5.88. The molecular weight excluding hydrogens is 448 g/mol. The number of fused-ring (bicyclic) bond motifs is 1. The molecule has 4 N–H and O–H groups in total. The fraction of sp³-hybridized carbons (Fsp3) is 0.379. The number of imidazole rings is 2. The van der Waals surface area contributed by atoms with Crippen LogP contribution in [0.15, 0.2) is 41.1 Å². The summed E-state index contributed by atoms with van der Waals surface area (Å²) in [6, 6.07) is 2.90. The zero-order chi connectivity index (χ0) is 23.9. The van der Waals surface area contributed by atoms with E-state index in [9.17, 15) is 0 Å². The van der Waals surface area contributed by atoms with Gasteiger partial charge < -0.3 is 25.0 Å². The summed E-state index contributed by atoms with van der Waals surface area (Å²) in [6.45, 7) is 2.15. The van der Waals surface area contributed by atoms with E-state index < -0.39 is 0 Å². The Balaban J connectivity index is 1.12. The molecule has 7 heteroatoms. The van der Waals surface area contributed by atoms with Crippen LogP contribution in [0.5, 0.6) is 0 Å². The molecule has 0 unspecified atom stereocenters. The second kappa shape index (κ2) is 9.22. The summed E-state index contributed by atoms with van der Waals surface area (Å²) in [7, 11) is 0. The van der Waals surface area contributed by atoms with Crippen molar-refractivity contribution in [1.82, 2.24) is 30.6 Å². The van der Waals surface area contributed by atoms with Crippen molar-refractivity contribution in [2.75, 3.05) is 13.1 Å². The van der Waals surface area contributed by atoms with E-state index in [1.54, 1.807) is 0 Å². The van der Waals surface area contributed by atoms with Gasteiger partial charge in [0.1, 0.15) is 22.8 Å². The lowest BCUT2D eigenvalue weighted by Crippen LogP contribution is -2.18. The Labute approximate surface area is 210 Å². The maximum absolute atomic E-state index is 6.33. The summed E-state index contributed by atoms with van der Waals surface area (Å²) in [5, 5.41) is 8.16. The van der Waals surface area contributed by atoms with E-state index in [1.807, 2.05) is 12.4 Å². The van der Waals surface area contributed by atoms with Crippen LogP contribution in [0.2, 0.25) is 0 Å². The highest BCUT2D eigenvalue weighted by atomic mass is 16.3. The number of nitrogens with one attached hydrogen (secondary N) is 4. The van der Waals surface area contributed by atoms with Gasteiger partial charge in [-0.3, -0.25) is 0 Å². The molecule has 5 heterocycles. The topological polar surface area (TPSA) is 94.6 Å². The molecule has 0 amide bonds. The fourth-order valence-electron chi connectivity index (χ4n) is 5.80. The van der Waals surface area contributed by atoms with Gasteiger partial charge in [-0.15, -0.1) is 0 Å². The van der Waals surface area contributed by atoms with Gasteiger partial charge in [-0.25, -0.2) is 9.97 Å². The van der Waals surface area contributed by atoms with Crippen molar-refractivity contribution in [2.24, 2.45) is 0 Å². The van der Waals surface area contributed by atoms with Crippen LogP contribution >= 0.6 is 0 Å². The molecule has 0 bridgehead atoms. The Bertz CT molecular complexity index is 1480. The second-order valence-electron chi connectivity index (χ2n) is 10.2. The molecule has 0 radical (unpaired) electrons. The molecular formula is C29H32N6O. The minimum absolute atomic E-state index is 0.344. The number of aromatic nitrogens is 4. The second-order valence-corrected chi connectivity index (χ2v) is 10.2. The fourth-order valence-corrected chi connectivity index (χ4v) is 5.80. The first-order valence-corrected chi connectivity index (χ1v) is 13.3. The first-order valence-electron chi connectivity index (χ1n) is 13.3. The molecule has 2 saturated heterocycles. The normalized spacial score (nSPS) is 23.8. The Hall–Kier alpha value is -3.42. The van der Waals surface area contributed by atoms with Crippen LogP contribution in [0, 0.1) is 0 Å². The van der Waals surface area contributed by atoms with Gasteiger partial charge in [0.05, 0.1) is 35.9 Å². The summed E-state index contributed by atoms with van der Waals surface area (Å²) in [5.74, 6) is 3.06. The van der Waals surface area contributed by atoms with E-state index in [2.05, 4.69) is 67.0 Å². The third-order valence-corrected chi connectivity index (χ3v) is 7.84. The average Bonchev–Trinajstić information content (AvgIpc) is 3.73. The lowest BCUT2D eigenvalue weighted by molar-refractivity contribution is 0.515. The number of allylic oxidation sites excluding steroid dienone is 6. The number of hydrogen-bond donors (Lipinski definition) is 4. The highest BCUT2D eigenvalue weighted by Crippen LogP contribution is 2.31.